The SMILES string of the molecule is CC/C=C\C/C=C\C/C=C\C/C=C\C/C=C\C/C=C\C/C=C\C/C=C\C/C=C\C/C=C\CCCCCCC(=O)OC(COC(=O)CCCCCCCCCCC/C=C\CCCCCCCC)COC(OCC[N+](C)(C)C)C(=O)O. The molecular weight excluding hydrogens is 983 g/mol. The van der Waals surface area contributed by atoms with Gasteiger partial charge in [0.25, 0.3) is 6.29 Å². The Morgan fingerprint density at radius 1 is 0.392 bits per heavy atom. The molecule has 0 saturated carbocycles. The Morgan fingerprint density at radius 2 is 0.722 bits per heavy atom. The molecule has 0 aliphatic carbocycles. The number of carboxylic acids is 1. The zero-order valence-electron chi connectivity index (χ0n) is 51.0. The van der Waals surface area contributed by atoms with Crippen LogP contribution in [-0.2, 0) is 33.3 Å². The maximum absolute atomic E-state index is 12.9. The van der Waals surface area contributed by atoms with Gasteiger partial charge in [-0.3, -0.25) is 9.59 Å². The Morgan fingerprint density at radius 3 is 1.09 bits per heavy atom. The lowest BCUT2D eigenvalue weighted by Gasteiger charge is -2.25. The van der Waals surface area contributed by atoms with E-state index in [4.69, 9.17) is 18.9 Å². The quantitative estimate of drug-likeness (QED) is 0.0211. The van der Waals surface area contributed by atoms with E-state index in [1.165, 1.54) is 89.9 Å². The van der Waals surface area contributed by atoms with Crippen LogP contribution < -0.4 is 0 Å². The monoisotopic (exact) mass is 1100 g/mol. The molecule has 79 heavy (non-hydrogen) atoms. The van der Waals surface area contributed by atoms with Gasteiger partial charge in [-0.15, -0.1) is 0 Å². The fourth-order valence-electron chi connectivity index (χ4n) is 8.09. The molecule has 0 aliphatic rings. The zero-order chi connectivity index (χ0) is 57.6. The average Bonchev–Trinajstić information content (AvgIpc) is 3.42. The van der Waals surface area contributed by atoms with Crippen molar-refractivity contribution in [3.63, 3.8) is 0 Å². The Labute approximate surface area is 484 Å². The molecule has 0 saturated heterocycles. The van der Waals surface area contributed by atoms with E-state index in [1.807, 2.05) is 21.1 Å². The maximum atomic E-state index is 12.9. The molecule has 0 aliphatic heterocycles. The topological polar surface area (TPSA) is 108 Å². The summed E-state index contributed by atoms with van der Waals surface area (Å²) in [7, 11) is 5.95. The third kappa shape index (κ3) is 60.9. The van der Waals surface area contributed by atoms with E-state index < -0.39 is 24.3 Å². The van der Waals surface area contributed by atoms with Gasteiger partial charge >= 0.3 is 17.9 Å². The standard InChI is InChI=1S/C70H115NO8/c1-6-8-10-12-14-16-18-20-22-24-26-27-28-29-30-31-32-33-34-35-36-37-38-39-40-41-43-45-47-49-51-53-55-57-59-61-68(73)79-66(65-78-70(69(74)75)76-63-62-71(3,4)5)64-77-67(72)60-58-56-54-52-50-48-46-44-42-25-23-21-19-17-15-13-11-9-7-2/h8,10,14,16,20-23,26-27,29-30,32-33,35-36,38-39,41,43,47,49,66,70H,6-7,9,11-13,15,17-19,24-25,28,31,34,37,40,42,44-46,48,50-65H2,1-5H3/p+1/b10-8-,16-14-,22-20-,23-21-,27-26-,30-29-,33-32-,36-35-,39-38-,43-41-,49-47-. The first-order valence-electron chi connectivity index (χ1n) is 31.3. The predicted octanol–water partition coefficient (Wildman–Crippen LogP) is 19.0. The minimum atomic E-state index is -1.53. The van der Waals surface area contributed by atoms with Crippen molar-refractivity contribution in [2.75, 3.05) is 47.5 Å². The van der Waals surface area contributed by atoms with Crippen molar-refractivity contribution >= 4 is 17.9 Å². The molecule has 0 bridgehead atoms. The molecule has 0 aromatic heterocycles. The van der Waals surface area contributed by atoms with E-state index in [0.717, 1.165) is 109 Å². The minimum absolute atomic E-state index is 0.175. The summed E-state index contributed by atoms with van der Waals surface area (Å²) < 4.78 is 22.9. The number of rotatable bonds is 56. The van der Waals surface area contributed by atoms with Crippen LogP contribution in [0.1, 0.15) is 232 Å². The number of aliphatic carboxylic acids is 1. The summed E-state index contributed by atoms with van der Waals surface area (Å²) in [5.74, 6) is -2.05. The molecule has 2 atom stereocenters. The van der Waals surface area contributed by atoms with Crippen LogP contribution in [0, 0.1) is 0 Å². The minimum Gasteiger partial charge on any atom is -0.477 e. The summed E-state index contributed by atoms with van der Waals surface area (Å²) in [4.78, 5) is 37.5. The molecule has 0 spiro atoms. The van der Waals surface area contributed by atoms with Crippen LogP contribution in [0.3, 0.4) is 0 Å². The lowest BCUT2D eigenvalue weighted by Crippen LogP contribution is -2.40. The lowest BCUT2D eigenvalue weighted by molar-refractivity contribution is -0.870. The maximum Gasteiger partial charge on any atom is 0.361 e. The number of likely N-dealkylation sites (N-methyl/N-ethyl adjacent to an activating group) is 1. The average molecular weight is 1100 g/mol. The summed E-state index contributed by atoms with van der Waals surface area (Å²) in [6.45, 7) is 4.72. The zero-order valence-corrected chi connectivity index (χ0v) is 51.0. The van der Waals surface area contributed by atoms with E-state index in [9.17, 15) is 19.5 Å². The van der Waals surface area contributed by atoms with Gasteiger partial charge in [-0.1, -0.05) is 237 Å². The van der Waals surface area contributed by atoms with Crippen LogP contribution in [0.15, 0.2) is 134 Å². The predicted molar refractivity (Wildman–Crippen MR) is 336 cm³/mol. The Hall–Kier alpha value is -4.57. The summed E-state index contributed by atoms with van der Waals surface area (Å²) >= 11 is 0. The van der Waals surface area contributed by atoms with Gasteiger partial charge in [0.2, 0.25) is 0 Å². The van der Waals surface area contributed by atoms with Crippen molar-refractivity contribution < 1.29 is 42.9 Å². The largest absolute Gasteiger partial charge is 0.477 e. The lowest BCUT2D eigenvalue weighted by atomic mass is 10.1. The molecule has 9 heteroatoms. The summed E-state index contributed by atoms with van der Waals surface area (Å²) in [5.41, 5.74) is 0. The molecule has 448 valence electrons. The fraction of sp³-hybridized carbons (Fsp3) is 0.643. The highest BCUT2D eigenvalue weighted by atomic mass is 16.7. The molecule has 2 unspecified atom stereocenters. The number of quaternary nitrogens is 1. The normalized spacial score (nSPS) is 13.7. The van der Waals surface area contributed by atoms with Crippen LogP contribution in [-0.4, -0.2) is 87.4 Å². The third-order valence-electron chi connectivity index (χ3n) is 12.9. The Balaban J connectivity index is 4.30. The summed E-state index contributed by atoms with van der Waals surface area (Å²) in [6, 6.07) is 0. The van der Waals surface area contributed by atoms with Crippen molar-refractivity contribution in [3.05, 3.63) is 134 Å². The smallest absolute Gasteiger partial charge is 0.361 e. The first kappa shape index (κ1) is 74.4. The van der Waals surface area contributed by atoms with E-state index in [1.54, 1.807) is 0 Å². The van der Waals surface area contributed by atoms with Gasteiger partial charge in [-0.25, -0.2) is 4.79 Å². The number of carbonyl (C=O) groups excluding carboxylic acids is 2. The molecule has 0 radical (unpaired) electrons. The second-order valence-electron chi connectivity index (χ2n) is 21.6. The van der Waals surface area contributed by atoms with Gasteiger partial charge in [0, 0.05) is 12.8 Å². The Bertz CT molecular complexity index is 1750. The Kier molecular flexibility index (Phi) is 56.1. The number of esters is 2. The highest BCUT2D eigenvalue weighted by Gasteiger charge is 2.25. The first-order chi connectivity index (χ1) is 38.6. The molecule has 0 fully saturated rings. The number of carbonyl (C=O) groups is 3. The van der Waals surface area contributed by atoms with Crippen LogP contribution in [0.25, 0.3) is 0 Å². The van der Waals surface area contributed by atoms with E-state index in [2.05, 4.69) is 148 Å². The summed E-state index contributed by atoms with van der Waals surface area (Å²) in [6.07, 6.45) is 82.5. The number of hydrogen-bond acceptors (Lipinski definition) is 7. The molecule has 0 heterocycles. The third-order valence-corrected chi connectivity index (χ3v) is 12.9. The van der Waals surface area contributed by atoms with Crippen molar-refractivity contribution in [2.45, 2.75) is 245 Å². The molecule has 0 amide bonds. The highest BCUT2D eigenvalue weighted by Crippen LogP contribution is 2.14. The number of nitrogens with zero attached hydrogens (tertiary/aromatic N) is 1. The van der Waals surface area contributed by atoms with Crippen molar-refractivity contribution in [3.8, 4) is 0 Å². The fourth-order valence-corrected chi connectivity index (χ4v) is 8.09. The molecule has 0 rings (SSSR count). The van der Waals surface area contributed by atoms with E-state index in [-0.39, 0.29) is 38.6 Å². The molecule has 0 aromatic rings. The van der Waals surface area contributed by atoms with Gasteiger partial charge < -0.3 is 28.5 Å². The van der Waals surface area contributed by atoms with Crippen molar-refractivity contribution in [1.29, 1.82) is 0 Å². The van der Waals surface area contributed by atoms with Crippen LogP contribution in [0.4, 0.5) is 0 Å². The highest BCUT2D eigenvalue weighted by molar-refractivity contribution is 5.71. The van der Waals surface area contributed by atoms with Crippen LogP contribution in [0.2, 0.25) is 0 Å². The second-order valence-corrected chi connectivity index (χ2v) is 21.6. The van der Waals surface area contributed by atoms with Crippen LogP contribution in [0.5, 0.6) is 0 Å². The first-order valence-corrected chi connectivity index (χ1v) is 31.3. The van der Waals surface area contributed by atoms with E-state index >= 15 is 0 Å². The van der Waals surface area contributed by atoms with Gasteiger partial charge in [-0.2, -0.15) is 0 Å². The number of allylic oxidation sites excluding steroid dienone is 22. The number of ether oxygens (including phenoxy) is 4. The van der Waals surface area contributed by atoms with Gasteiger partial charge in [0.15, 0.2) is 6.10 Å². The number of unbranched alkanes of at least 4 members (excludes halogenated alkanes) is 19. The second kappa shape index (κ2) is 59.5. The van der Waals surface area contributed by atoms with Gasteiger partial charge in [0.05, 0.1) is 34.4 Å². The van der Waals surface area contributed by atoms with Gasteiger partial charge in [-0.05, 0) is 116 Å². The molecule has 1 N–H and O–H groups in total. The number of carboxylic acid groups (broad SMARTS) is 1. The van der Waals surface area contributed by atoms with Crippen LogP contribution >= 0.6 is 0 Å². The number of hydrogen-bond donors (Lipinski definition) is 1. The molecular formula is C70H116NO8+. The summed E-state index contributed by atoms with van der Waals surface area (Å²) in [5, 5.41) is 9.71. The van der Waals surface area contributed by atoms with Gasteiger partial charge in [0.1, 0.15) is 13.2 Å². The van der Waals surface area contributed by atoms with Crippen molar-refractivity contribution in [2.24, 2.45) is 0 Å². The molecule has 0 aromatic carbocycles. The molecule has 9 nitrogen and oxygen atoms in total. The van der Waals surface area contributed by atoms with Crippen molar-refractivity contribution in [1.82, 2.24) is 0 Å². The van der Waals surface area contributed by atoms with E-state index in [0.29, 0.717) is 17.4 Å².